The van der Waals surface area contributed by atoms with E-state index >= 15 is 0 Å². The first-order valence-electron chi connectivity index (χ1n) is 2.79. The van der Waals surface area contributed by atoms with E-state index in [1.54, 1.807) is 13.8 Å². The summed E-state index contributed by atoms with van der Waals surface area (Å²) in [6, 6.07) is -0.316. The van der Waals surface area contributed by atoms with Gasteiger partial charge in [-0.05, 0) is 13.8 Å². The van der Waals surface area contributed by atoms with Gasteiger partial charge in [-0.25, -0.2) is 4.79 Å². The lowest BCUT2D eigenvalue weighted by molar-refractivity contribution is 0.189. The van der Waals surface area contributed by atoms with Crippen molar-refractivity contribution in [3.05, 3.63) is 0 Å². The molecule has 4 N–H and O–H groups in total. The Labute approximate surface area is 54.0 Å². The van der Waals surface area contributed by atoms with Crippen LogP contribution in [-0.4, -0.2) is 23.3 Å². The topological polar surface area (TPSA) is 75.3 Å². The van der Waals surface area contributed by atoms with E-state index in [1.165, 1.54) is 0 Å². The van der Waals surface area contributed by atoms with Crippen LogP contribution in [0.15, 0.2) is 0 Å². The van der Waals surface area contributed by atoms with E-state index in [0.29, 0.717) is 0 Å². The molecule has 54 valence electrons. The van der Waals surface area contributed by atoms with Gasteiger partial charge in [-0.15, -0.1) is 0 Å². The van der Waals surface area contributed by atoms with Gasteiger partial charge in [0, 0.05) is 12.1 Å². The van der Waals surface area contributed by atoms with Gasteiger partial charge in [0.15, 0.2) is 0 Å². The summed E-state index contributed by atoms with van der Waals surface area (Å²) in [5.41, 5.74) is 5.36. The highest BCUT2D eigenvalue weighted by Crippen LogP contribution is 1.85. The largest absolute Gasteiger partial charge is 0.465 e. The molecule has 0 aliphatic carbocycles. The fraction of sp³-hybridized carbons (Fsp3) is 0.800. The highest BCUT2D eigenvalue weighted by atomic mass is 16.4. The summed E-state index contributed by atoms with van der Waals surface area (Å²) in [5, 5.41) is 10.4. The average Bonchev–Trinajstić information content (AvgIpc) is 1.63. The molecular weight excluding hydrogens is 120 g/mol. The second-order valence-electron chi connectivity index (χ2n) is 2.10. The standard InChI is InChI=1S/C5H12N2O2/c1-3(6)4(2)7-5(8)9/h3-4,7H,6H2,1-2H3,(H,8,9). The molecule has 0 aromatic carbocycles. The number of amides is 1. The van der Waals surface area contributed by atoms with Gasteiger partial charge < -0.3 is 16.2 Å². The van der Waals surface area contributed by atoms with Crippen molar-refractivity contribution in [3.63, 3.8) is 0 Å². The molecule has 9 heavy (non-hydrogen) atoms. The molecule has 0 aliphatic heterocycles. The molecule has 2 atom stereocenters. The second-order valence-corrected chi connectivity index (χ2v) is 2.10. The third-order valence-electron chi connectivity index (χ3n) is 1.14. The van der Waals surface area contributed by atoms with Crippen molar-refractivity contribution < 1.29 is 9.90 Å². The highest BCUT2D eigenvalue weighted by molar-refractivity contribution is 5.64. The molecule has 0 bridgehead atoms. The first kappa shape index (κ1) is 8.23. The van der Waals surface area contributed by atoms with Crippen molar-refractivity contribution in [1.29, 1.82) is 0 Å². The van der Waals surface area contributed by atoms with Gasteiger partial charge in [0.2, 0.25) is 0 Å². The maximum atomic E-state index is 9.95. The van der Waals surface area contributed by atoms with Crippen molar-refractivity contribution in [2.45, 2.75) is 25.9 Å². The predicted molar refractivity (Wildman–Crippen MR) is 34.3 cm³/mol. The smallest absolute Gasteiger partial charge is 0.404 e. The second kappa shape index (κ2) is 3.29. The number of carbonyl (C=O) groups is 1. The van der Waals surface area contributed by atoms with Crippen molar-refractivity contribution in [2.24, 2.45) is 5.73 Å². The SMILES string of the molecule is CC(N)C(C)NC(=O)O. The Morgan fingerprint density at radius 2 is 2.11 bits per heavy atom. The van der Waals surface area contributed by atoms with Crippen LogP contribution in [0, 0.1) is 0 Å². The summed E-state index contributed by atoms with van der Waals surface area (Å²) in [6.45, 7) is 3.47. The third-order valence-corrected chi connectivity index (χ3v) is 1.14. The Kier molecular flexibility index (Phi) is 3.01. The van der Waals surface area contributed by atoms with Crippen LogP contribution in [-0.2, 0) is 0 Å². The summed E-state index contributed by atoms with van der Waals surface area (Å²) >= 11 is 0. The molecule has 0 aliphatic rings. The number of carboxylic acid groups (broad SMARTS) is 1. The maximum Gasteiger partial charge on any atom is 0.404 e. The minimum atomic E-state index is -1.03. The number of nitrogens with one attached hydrogen (secondary N) is 1. The lowest BCUT2D eigenvalue weighted by Crippen LogP contribution is -2.43. The van der Waals surface area contributed by atoms with E-state index in [2.05, 4.69) is 5.32 Å². The Hall–Kier alpha value is -0.770. The Bertz CT molecular complexity index is 103. The van der Waals surface area contributed by atoms with Crippen LogP contribution < -0.4 is 11.1 Å². The molecule has 2 unspecified atom stereocenters. The summed E-state index contributed by atoms with van der Waals surface area (Å²) in [5.74, 6) is 0. The van der Waals surface area contributed by atoms with Gasteiger partial charge in [-0.1, -0.05) is 0 Å². The minimum absolute atomic E-state index is 0.138. The molecule has 0 saturated heterocycles. The van der Waals surface area contributed by atoms with Crippen molar-refractivity contribution in [2.75, 3.05) is 0 Å². The summed E-state index contributed by atoms with van der Waals surface area (Å²) < 4.78 is 0. The van der Waals surface area contributed by atoms with E-state index in [0.717, 1.165) is 0 Å². The van der Waals surface area contributed by atoms with E-state index in [1.807, 2.05) is 0 Å². The Morgan fingerprint density at radius 3 is 2.22 bits per heavy atom. The van der Waals surface area contributed by atoms with Gasteiger partial charge in [0.1, 0.15) is 0 Å². The molecule has 4 heteroatoms. The molecule has 4 nitrogen and oxygen atoms in total. The average molecular weight is 132 g/mol. The quantitative estimate of drug-likeness (QED) is 0.494. The summed E-state index contributed by atoms with van der Waals surface area (Å²) in [4.78, 5) is 9.95. The first-order valence-corrected chi connectivity index (χ1v) is 2.79. The van der Waals surface area contributed by atoms with E-state index in [4.69, 9.17) is 10.8 Å². The molecule has 0 aromatic heterocycles. The Balaban J connectivity index is 3.50. The number of hydrogen-bond acceptors (Lipinski definition) is 2. The zero-order valence-electron chi connectivity index (χ0n) is 5.59. The monoisotopic (exact) mass is 132 g/mol. The van der Waals surface area contributed by atoms with Gasteiger partial charge >= 0.3 is 6.09 Å². The normalized spacial score (nSPS) is 16.3. The molecule has 0 rings (SSSR count). The van der Waals surface area contributed by atoms with Gasteiger partial charge in [0.05, 0.1) is 0 Å². The Morgan fingerprint density at radius 1 is 1.67 bits per heavy atom. The van der Waals surface area contributed by atoms with E-state index in [9.17, 15) is 4.79 Å². The first-order chi connectivity index (χ1) is 4.04. The van der Waals surface area contributed by atoms with Crippen LogP contribution in [0.5, 0.6) is 0 Å². The van der Waals surface area contributed by atoms with Gasteiger partial charge in [0.25, 0.3) is 0 Å². The number of hydrogen-bond donors (Lipinski definition) is 3. The maximum absolute atomic E-state index is 9.95. The van der Waals surface area contributed by atoms with Crippen LogP contribution in [0.25, 0.3) is 0 Å². The zero-order valence-corrected chi connectivity index (χ0v) is 5.59. The van der Waals surface area contributed by atoms with Crippen LogP contribution >= 0.6 is 0 Å². The van der Waals surface area contributed by atoms with Gasteiger partial charge in [-0.3, -0.25) is 0 Å². The number of rotatable bonds is 2. The van der Waals surface area contributed by atoms with Crippen molar-refractivity contribution >= 4 is 6.09 Å². The van der Waals surface area contributed by atoms with Crippen LogP contribution in [0.1, 0.15) is 13.8 Å². The van der Waals surface area contributed by atoms with Crippen molar-refractivity contribution in [3.8, 4) is 0 Å². The minimum Gasteiger partial charge on any atom is -0.465 e. The van der Waals surface area contributed by atoms with Crippen LogP contribution in [0.3, 0.4) is 0 Å². The molecule has 0 fully saturated rings. The highest BCUT2D eigenvalue weighted by Gasteiger charge is 2.08. The molecule has 1 amide bonds. The van der Waals surface area contributed by atoms with Crippen LogP contribution in [0.2, 0.25) is 0 Å². The molecule has 0 aromatic rings. The molecule has 0 heterocycles. The molecule has 0 saturated carbocycles. The molecule has 0 spiro atoms. The van der Waals surface area contributed by atoms with Gasteiger partial charge in [-0.2, -0.15) is 0 Å². The predicted octanol–water partition coefficient (Wildman–Crippen LogP) is -0.0103. The molecule has 0 radical (unpaired) electrons. The summed E-state index contributed by atoms with van der Waals surface area (Å²) in [7, 11) is 0. The van der Waals surface area contributed by atoms with Crippen molar-refractivity contribution in [1.82, 2.24) is 5.32 Å². The molecular formula is C5H12N2O2. The third kappa shape index (κ3) is 3.78. The fourth-order valence-corrected chi connectivity index (χ4v) is 0.326. The lowest BCUT2D eigenvalue weighted by Gasteiger charge is -2.14. The number of nitrogens with two attached hydrogens (primary N) is 1. The van der Waals surface area contributed by atoms with E-state index < -0.39 is 6.09 Å². The fourth-order valence-electron chi connectivity index (χ4n) is 0.326. The van der Waals surface area contributed by atoms with E-state index in [-0.39, 0.29) is 12.1 Å². The summed E-state index contributed by atoms with van der Waals surface area (Å²) in [6.07, 6.45) is -1.03. The van der Waals surface area contributed by atoms with Crippen LogP contribution in [0.4, 0.5) is 4.79 Å². The zero-order chi connectivity index (χ0) is 7.44. The lowest BCUT2D eigenvalue weighted by atomic mass is 10.2.